The molecule has 15 heavy (non-hydrogen) atoms. The van der Waals surface area contributed by atoms with Crippen LogP contribution in [0.3, 0.4) is 0 Å². The van der Waals surface area contributed by atoms with Gasteiger partial charge < -0.3 is 5.11 Å². The molecule has 0 aromatic heterocycles. The lowest BCUT2D eigenvalue weighted by molar-refractivity contribution is 0.342. The van der Waals surface area contributed by atoms with Gasteiger partial charge in [0.1, 0.15) is 0 Å². The first kappa shape index (κ1) is 12.3. The fourth-order valence-electron chi connectivity index (χ4n) is 1.25. The van der Waals surface area contributed by atoms with E-state index in [9.17, 15) is 0 Å². The molecule has 1 N–H and O–H groups in total. The van der Waals surface area contributed by atoms with Gasteiger partial charge in [-0.1, -0.05) is 44.2 Å². The molecule has 0 aliphatic carbocycles. The van der Waals surface area contributed by atoms with Gasteiger partial charge in [-0.2, -0.15) is 0 Å². The number of aliphatic hydroxyl groups excluding tert-OH is 1. The molecule has 82 valence electrons. The van der Waals surface area contributed by atoms with Crippen LogP contribution in [0.2, 0.25) is 0 Å². The lowest BCUT2D eigenvalue weighted by Crippen LogP contribution is -2.07. The number of thioether (sulfide) groups is 1. The topological polar surface area (TPSA) is 20.2 Å². The molecule has 0 radical (unpaired) electrons. The predicted molar refractivity (Wildman–Crippen MR) is 67.2 cm³/mol. The fraction of sp³-hybridized carbons (Fsp3) is 0.385. The molecule has 0 aliphatic heterocycles. The molecule has 0 aliphatic rings. The summed E-state index contributed by atoms with van der Waals surface area (Å²) in [6.07, 6.45) is 3.91. The van der Waals surface area contributed by atoms with Gasteiger partial charge in [0.25, 0.3) is 0 Å². The molecular formula is C13H18OS. The molecule has 0 saturated heterocycles. The van der Waals surface area contributed by atoms with Crippen molar-refractivity contribution in [3.05, 3.63) is 42.5 Å². The minimum atomic E-state index is 0.124. The summed E-state index contributed by atoms with van der Waals surface area (Å²) >= 11 is 1.84. The van der Waals surface area contributed by atoms with Crippen LogP contribution in [0.5, 0.6) is 0 Å². The maximum atomic E-state index is 8.77. The van der Waals surface area contributed by atoms with Crippen molar-refractivity contribution in [3.8, 4) is 0 Å². The Morgan fingerprint density at radius 1 is 1.27 bits per heavy atom. The lowest BCUT2D eigenvalue weighted by Gasteiger charge is -2.16. The summed E-state index contributed by atoms with van der Waals surface area (Å²) in [5.74, 6) is 0.568. The summed E-state index contributed by atoms with van der Waals surface area (Å²) < 4.78 is 0. The van der Waals surface area contributed by atoms with Gasteiger partial charge in [-0.25, -0.2) is 0 Å². The number of hydrogen-bond donors (Lipinski definition) is 1. The molecule has 1 aromatic carbocycles. The van der Waals surface area contributed by atoms with Crippen molar-refractivity contribution < 1.29 is 5.11 Å². The lowest BCUT2D eigenvalue weighted by atomic mass is 10.1. The van der Waals surface area contributed by atoms with Crippen LogP contribution in [0.15, 0.2) is 47.4 Å². The highest BCUT2D eigenvalue weighted by Crippen LogP contribution is 2.28. The van der Waals surface area contributed by atoms with Crippen LogP contribution in [-0.2, 0) is 0 Å². The van der Waals surface area contributed by atoms with Crippen LogP contribution >= 0.6 is 11.8 Å². The molecule has 1 atom stereocenters. The molecule has 1 nitrogen and oxygen atoms in total. The van der Waals surface area contributed by atoms with Crippen molar-refractivity contribution in [2.45, 2.75) is 24.0 Å². The largest absolute Gasteiger partial charge is 0.392 e. The predicted octanol–water partition coefficient (Wildman–Crippen LogP) is 3.35. The van der Waals surface area contributed by atoms with Gasteiger partial charge in [0.05, 0.1) is 6.61 Å². The molecule has 0 amide bonds. The maximum Gasteiger partial charge on any atom is 0.0612 e. The first-order valence-electron chi connectivity index (χ1n) is 5.23. The Morgan fingerprint density at radius 3 is 2.47 bits per heavy atom. The summed E-state index contributed by atoms with van der Waals surface area (Å²) in [6.45, 7) is 4.52. The molecule has 2 heteroatoms. The van der Waals surface area contributed by atoms with Crippen LogP contribution in [-0.4, -0.2) is 17.0 Å². The SMILES string of the molecule is CC(C)C(/C=C/CO)Sc1ccccc1. The first-order chi connectivity index (χ1) is 7.24. The van der Waals surface area contributed by atoms with Crippen molar-refractivity contribution in [2.24, 2.45) is 5.92 Å². The van der Waals surface area contributed by atoms with Crippen molar-refractivity contribution in [2.75, 3.05) is 6.61 Å². The molecule has 1 aromatic rings. The highest BCUT2D eigenvalue weighted by molar-refractivity contribution is 8.00. The highest BCUT2D eigenvalue weighted by atomic mass is 32.2. The normalized spacial score (nSPS) is 13.6. The van der Waals surface area contributed by atoms with Crippen LogP contribution in [0, 0.1) is 5.92 Å². The second-order valence-electron chi connectivity index (χ2n) is 3.75. The van der Waals surface area contributed by atoms with E-state index < -0.39 is 0 Å². The standard InChI is InChI=1S/C13H18OS/c1-11(2)13(9-6-10-14)15-12-7-4-3-5-8-12/h3-9,11,13-14H,10H2,1-2H3/b9-6+. The number of hydrogen-bond acceptors (Lipinski definition) is 2. The summed E-state index contributed by atoms with van der Waals surface area (Å²) in [4.78, 5) is 1.28. The summed E-state index contributed by atoms with van der Waals surface area (Å²) in [5, 5.41) is 9.20. The van der Waals surface area contributed by atoms with Gasteiger partial charge in [0.15, 0.2) is 0 Å². The quantitative estimate of drug-likeness (QED) is 0.609. The van der Waals surface area contributed by atoms with E-state index in [1.54, 1.807) is 0 Å². The van der Waals surface area contributed by atoms with Gasteiger partial charge in [-0.3, -0.25) is 0 Å². The second kappa shape index (κ2) is 6.70. The van der Waals surface area contributed by atoms with Crippen LogP contribution in [0.25, 0.3) is 0 Å². The smallest absolute Gasteiger partial charge is 0.0612 e. The highest BCUT2D eigenvalue weighted by Gasteiger charge is 2.10. The molecule has 0 bridgehead atoms. The molecular weight excluding hydrogens is 204 g/mol. The van der Waals surface area contributed by atoms with Gasteiger partial charge in [0.2, 0.25) is 0 Å². The molecule has 0 fully saturated rings. The zero-order chi connectivity index (χ0) is 11.1. The fourth-order valence-corrected chi connectivity index (χ4v) is 2.34. The first-order valence-corrected chi connectivity index (χ1v) is 6.11. The van der Waals surface area contributed by atoms with Gasteiger partial charge in [0, 0.05) is 10.1 Å². The third-order valence-electron chi connectivity index (χ3n) is 2.10. The van der Waals surface area contributed by atoms with E-state index >= 15 is 0 Å². The monoisotopic (exact) mass is 222 g/mol. The Bertz CT molecular complexity index is 293. The van der Waals surface area contributed by atoms with Gasteiger partial charge in [-0.05, 0) is 18.1 Å². The summed E-state index contributed by atoms with van der Waals surface area (Å²) in [6, 6.07) is 10.4. The zero-order valence-electron chi connectivity index (χ0n) is 9.26. The average Bonchev–Trinajstić information content (AvgIpc) is 2.25. The zero-order valence-corrected chi connectivity index (χ0v) is 10.1. The molecule has 0 heterocycles. The van der Waals surface area contributed by atoms with E-state index in [0.717, 1.165) is 0 Å². The Kier molecular flexibility index (Phi) is 5.51. The third kappa shape index (κ3) is 4.54. The van der Waals surface area contributed by atoms with Crippen molar-refractivity contribution in [3.63, 3.8) is 0 Å². The third-order valence-corrected chi connectivity index (χ3v) is 3.62. The van der Waals surface area contributed by atoms with E-state index in [2.05, 4.69) is 44.2 Å². The van der Waals surface area contributed by atoms with Crippen molar-refractivity contribution >= 4 is 11.8 Å². The van der Waals surface area contributed by atoms with E-state index in [4.69, 9.17) is 5.11 Å². The molecule has 1 unspecified atom stereocenters. The second-order valence-corrected chi connectivity index (χ2v) is 5.00. The van der Waals surface area contributed by atoms with E-state index in [0.29, 0.717) is 11.2 Å². The van der Waals surface area contributed by atoms with Crippen molar-refractivity contribution in [1.82, 2.24) is 0 Å². The number of rotatable bonds is 5. The summed E-state index contributed by atoms with van der Waals surface area (Å²) in [7, 11) is 0. The minimum Gasteiger partial charge on any atom is -0.392 e. The van der Waals surface area contributed by atoms with E-state index in [1.807, 2.05) is 23.9 Å². The van der Waals surface area contributed by atoms with Gasteiger partial charge >= 0.3 is 0 Å². The van der Waals surface area contributed by atoms with E-state index in [1.165, 1.54) is 4.90 Å². The minimum absolute atomic E-state index is 0.124. The van der Waals surface area contributed by atoms with Crippen molar-refractivity contribution in [1.29, 1.82) is 0 Å². The van der Waals surface area contributed by atoms with Crippen LogP contribution < -0.4 is 0 Å². The van der Waals surface area contributed by atoms with Crippen LogP contribution in [0.4, 0.5) is 0 Å². The molecule has 0 saturated carbocycles. The number of benzene rings is 1. The average molecular weight is 222 g/mol. The Hall–Kier alpha value is -0.730. The summed E-state index contributed by atoms with van der Waals surface area (Å²) in [5.41, 5.74) is 0. The van der Waals surface area contributed by atoms with Crippen LogP contribution in [0.1, 0.15) is 13.8 Å². The maximum absolute atomic E-state index is 8.77. The Morgan fingerprint density at radius 2 is 1.93 bits per heavy atom. The Labute approximate surface area is 96.2 Å². The Balaban J connectivity index is 2.63. The molecule has 0 spiro atoms. The molecule has 1 rings (SSSR count). The van der Waals surface area contributed by atoms with Gasteiger partial charge in [-0.15, -0.1) is 11.8 Å². The van der Waals surface area contributed by atoms with E-state index in [-0.39, 0.29) is 6.61 Å². The number of aliphatic hydroxyl groups is 1.